The summed E-state index contributed by atoms with van der Waals surface area (Å²) in [6.07, 6.45) is 8.38. The van der Waals surface area contributed by atoms with E-state index in [1.165, 1.54) is 0 Å². The van der Waals surface area contributed by atoms with Crippen molar-refractivity contribution in [2.24, 2.45) is 52.3 Å². The van der Waals surface area contributed by atoms with Crippen LogP contribution in [0, 0.1) is 52.3 Å². The molecule has 0 amide bonds. The highest BCUT2D eigenvalue weighted by Crippen LogP contribution is 2.69. The Morgan fingerprint density at radius 1 is 1.00 bits per heavy atom. The molecule has 7 heteroatoms. The van der Waals surface area contributed by atoms with Crippen molar-refractivity contribution in [1.29, 1.82) is 0 Å². The summed E-state index contributed by atoms with van der Waals surface area (Å²) >= 11 is 0. The molecule has 0 aromatic rings. The van der Waals surface area contributed by atoms with E-state index in [1.807, 2.05) is 0 Å². The quantitative estimate of drug-likeness (QED) is 0.493. The third kappa shape index (κ3) is 4.08. The fourth-order valence-electron chi connectivity index (χ4n) is 9.47. The molecule has 0 aliphatic heterocycles. The van der Waals surface area contributed by atoms with Crippen molar-refractivity contribution < 1.29 is 27.4 Å². The van der Waals surface area contributed by atoms with Gasteiger partial charge in [-0.15, -0.1) is 0 Å². The molecule has 0 radical (unpaired) electrons. The van der Waals surface area contributed by atoms with E-state index in [-0.39, 0.29) is 35.6 Å². The second-order valence-corrected chi connectivity index (χ2v) is 13.2. The lowest BCUT2D eigenvalue weighted by Gasteiger charge is -2.64. The monoisotopic (exact) mass is 472 g/mol. The van der Waals surface area contributed by atoms with Gasteiger partial charge in [0.15, 0.2) is 0 Å². The Kier molecular flexibility index (Phi) is 6.83. The molecule has 0 heterocycles. The van der Waals surface area contributed by atoms with Gasteiger partial charge in [0.2, 0.25) is 0 Å². The summed E-state index contributed by atoms with van der Waals surface area (Å²) in [6.45, 7) is 9.28. The van der Waals surface area contributed by atoms with Crippen LogP contribution in [0.2, 0.25) is 0 Å². The van der Waals surface area contributed by atoms with E-state index < -0.39 is 10.4 Å². The maximum Gasteiger partial charge on any atom is 0.397 e. The zero-order valence-electron chi connectivity index (χ0n) is 20.2. The van der Waals surface area contributed by atoms with Gasteiger partial charge in [-0.1, -0.05) is 34.1 Å². The number of rotatable bonds is 6. The Bertz CT molecular complexity index is 785. The molecule has 32 heavy (non-hydrogen) atoms. The van der Waals surface area contributed by atoms with Gasteiger partial charge in [0.05, 0.1) is 18.8 Å². The van der Waals surface area contributed by atoms with Gasteiger partial charge in [-0.3, -0.25) is 4.55 Å². The smallest absolute Gasteiger partial charge is 0.393 e. The molecule has 0 saturated heterocycles. The van der Waals surface area contributed by atoms with Crippen LogP contribution in [-0.4, -0.2) is 42.0 Å². The van der Waals surface area contributed by atoms with E-state index in [1.54, 1.807) is 0 Å². The second kappa shape index (κ2) is 8.78. The maximum atomic E-state index is 11.7. The van der Waals surface area contributed by atoms with Crippen LogP contribution in [0.1, 0.15) is 85.5 Å². The van der Waals surface area contributed by atoms with Crippen LogP contribution in [0.15, 0.2) is 0 Å². The van der Waals surface area contributed by atoms with Gasteiger partial charge in [0, 0.05) is 0 Å². The summed E-state index contributed by atoms with van der Waals surface area (Å²) in [5.74, 6) is 2.78. The molecule has 0 aromatic heterocycles. The molecule has 6 nitrogen and oxygen atoms in total. The Labute approximate surface area is 194 Å². The Hall–Kier alpha value is -0.210. The topological polar surface area (TPSA) is 104 Å². The zero-order chi connectivity index (χ0) is 23.5. The maximum absolute atomic E-state index is 11.7. The van der Waals surface area contributed by atoms with E-state index >= 15 is 0 Å². The van der Waals surface area contributed by atoms with Crippen molar-refractivity contribution in [3.05, 3.63) is 0 Å². The first-order valence-corrected chi connectivity index (χ1v) is 14.3. The molecule has 186 valence electrons. The minimum Gasteiger partial charge on any atom is -0.393 e. The molecule has 4 rings (SSSR count). The lowest BCUT2D eigenvalue weighted by Crippen LogP contribution is -2.62. The third-order valence-corrected chi connectivity index (χ3v) is 11.4. The lowest BCUT2D eigenvalue weighted by atomic mass is 9.41. The van der Waals surface area contributed by atoms with Crippen molar-refractivity contribution in [1.82, 2.24) is 0 Å². The first-order valence-electron chi connectivity index (χ1n) is 12.9. The van der Waals surface area contributed by atoms with Crippen LogP contribution in [0.4, 0.5) is 0 Å². The SMILES string of the molecule is CC[C@H]1C(O)C2C3CCC(C(C)CCOS(=O)(=O)O)[C@@]3(C)CCC2[C@@]2(C)CC[C@@H](O)C[C@@H]12. The fraction of sp³-hybridized carbons (Fsp3) is 1.00. The average Bonchev–Trinajstić information content (AvgIpc) is 3.06. The molecular weight excluding hydrogens is 428 g/mol. The van der Waals surface area contributed by atoms with Crippen molar-refractivity contribution in [3.8, 4) is 0 Å². The highest BCUT2D eigenvalue weighted by molar-refractivity contribution is 7.80. The van der Waals surface area contributed by atoms with Crippen LogP contribution in [0.25, 0.3) is 0 Å². The molecule has 4 saturated carbocycles. The van der Waals surface area contributed by atoms with Gasteiger partial charge in [-0.25, -0.2) is 4.18 Å². The molecule has 4 aliphatic rings. The van der Waals surface area contributed by atoms with Gasteiger partial charge in [0.1, 0.15) is 0 Å². The standard InChI is InChI=1S/C25H44O6S/c1-5-17-21-14-16(26)8-11-25(21,4)20-9-12-24(3)18(6-7-19(24)22(20)23(17)27)15(2)10-13-31-32(28,29)30/h15-23,26-27H,5-14H2,1-4H3,(H,28,29,30)/t15?,16-,17-,18?,19?,20?,21+,22?,23?,24-,25-/m1/s1. The fourth-order valence-corrected chi connectivity index (χ4v) is 9.78. The predicted octanol–water partition coefficient (Wildman–Crippen LogP) is 4.46. The molecule has 0 spiro atoms. The Morgan fingerprint density at radius 2 is 1.66 bits per heavy atom. The van der Waals surface area contributed by atoms with Crippen LogP contribution < -0.4 is 0 Å². The van der Waals surface area contributed by atoms with Gasteiger partial charge >= 0.3 is 10.4 Å². The molecule has 4 aliphatic carbocycles. The summed E-state index contributed by atoms with van der Waals surface area (Å²) < 4.78 is 35.4. The first-order chi connectivity index (χ1) is 14.9. The average molecular weight is 473 g/mol. The lowest BCUT2D eigenvalue weighted by molar-refractivity contribution is -0.203. The largest absolute Gasteiger partial charge is 0.397 e. The molecule has 3 N–H and O–H groups in total. The van der Waals surface area contributed by atoms with Crippen LogP contribution in [0.3, 0.4) is 0 Å². The van der Waals surface area contributed by atoms with Crippen LogP contribution in [0.5, 0.6) is 0 Å². The number of aliphatic hydroxyl groups excluding tert-OH is 2. The number of hydrogen-bond donors (Lipinski definition) is 3. The van der Waals surface area contributed by atoms with Gasteiger partial charge in [0.25, 0.3) is 0 Å². The second-order valence-electron chi connectivity index (χ2n) is 12.1. The van der Waals surface area contributed by atoms with E-state index in [4.69, 9.17) is 4.55 Å². The molecule has 0 bridgehead atoms. The highest BCUT2D eigenvalue weighted by atomic mass is 32.3. The molecular formula is C25H44O6S. The molecule has 11 atom stereocenters. The Balaban J connectivity index is 1.56. The summed E-state index contributed by atoms with van der Waals surface area (Å²) in [6, 6.07) is 0. The number of fused-ring (bicyclic) bond motifs is 5. The van der Waals surface area contributed by atoms with Crippen LogP contribution >= 0.6 is 0 Å². The van der Waals surface area contributed by atoms with Crippen molar-refractivity contribution in [2.45, 2.75) is 97.7 Å². The first kappa shape index (κ1) is 24.9. The third-order valence-electron chi connectivity index (χ3n) is 11.0. The van der Waals surface area contributed by atoms with E-state index in [9.17, 15) is 18.6 Å². The van der Waals surface area contributed by atoms with E-state index in [0.29, 0.717) is 41.9 Å². The van der Waals surface area contributed by atoms with Crippen molar-refractivity contribution in [2.75, 3.05) is 6.61 Å². The Morgan fingerprint density at radius 3 is 2.31 bits per heavy atom. The normalized spacial score (nSPS) is 49.7. The van der Waals surface area contributed by atoms with Crippen molar-refractivity contribution >= 4 is 10.4 Å². The summed E-state index contributed by atoms with van der Waals surface area (Å²) in [5.41, 5.74) is 0.355. The predicted molar refractivity (Wildman–Crippen MR) is 123 cm³/mol. The summed E-state index contributed by atoms with van der Waals surface area (Å²) in [4.78, 5) is 0. The van der Waals surface area contributed by atoms with Crippen molar-refractivity contribution in [3.63, 3.8) is 0 Å². The zero-order valence-corrected chi connectivity index (χ0v) is 21.1. The highest BCUT2D eigenvalue weighted by Gasteiger charge is 2.64. The molecule has 6 unspecified atom stereocenters. The van der Waals surface area contributed by atoms with E-state index in [0.717, 1.165) is 51.4 Å². The van der Waals surface area contributed by atoms with Gasteiger partial charge in [-0.05, 0) is 104 Å². The minimum absolute atomic E-state index is 0.0198. The summed E-state index contributed by atoms with van der Waals surface area (Å²) in [5, 5.41) is 22.1. The number of hydrogen-bond acceptors (Lipinski definition) is 5. The minimum atomic E-state index is -4.39. The van der Waals surface area contributed by atoms with Gasteiger partial charge in [-0.2, -0.15) is 8.42 Å². The number of aliphatic hydroxyl groups is 2. The molecule has 0 aromatic carbocycles. The summed E-state index contributed by atoms with van der Waals surface area (Å²) in [7, 11) is -4.39. The van der Waals surface area contributed by atoms with Gasteiger partial charge < -0.3 is 10.2 Å². The molecule has 4 fully saturated rings. The van der Waals surface area contributed by atoms with E-state index in [2.05, 4.69) is 31.9 Å². The van der Waals surface area contributed by atoms with Crippen LogP contribution in [-0.2, 0) is 14.6 Å².